The van der Waals surface area contributed by atoms with E-state index in [4.69, 9.17) is 20.0 Å². The highest BCUT2D eigenvalue weighted by atomic mass is 17.2. The van der Waals surface area contributed by atoms with Crippen LogP contribution in [0, 0.1) is 0 Å². The second-order valence-electron chi connectivity index (χ2n) is 3.72. The SMILES string of the molecule is O=C(O)Cc1cc2c(cc1CC(=O)O)OOC2. The Labute approximate surface area is 96.3 Å². The van der Waals surface area contributed by atoms with Crippen molar-refractivity contribution in [2.45, 2.75) is 19.4 Å². The average molecular weight is 238 g/mol. The van der Waals surface area contributed by atoms with Crippen molar-refractivity contribution in [2.24, 2.45) is 0 Å². The summed E-state index contributed by atoms with van der Waals surface area (Å²) >= 11 is 0. The van der Waals surface area contributed by atoms with Crippen molar-refractivity contribution in [2.75, 3.05) is 0 Å². The first-order valence-electron chi connectivity index (χ1n) is 4.94. The van der Waals surface area contributed by atoms with E-state index in [2.05, 4.69) is 0 Å². The summed E-state index contributed by atoms with van der Waals surface area (Å²) < 4.78 is 0. The topological polar surface area (TPSA) is 93.1 Å². The van der Waals surface area contributed by atoms with Gasteiger partial charge in [0.15, 0.2) is 5.75 Å². The molecule has 0 radical (unpaired) electrons. The van der Waals surface area contributed by atoms with E-state index in [-0.39, 0.29) is 19.4 Å². The fourth-order valence-corrected chi connectivity index (χ4v) is 1.72. The highest BCUT2D eigenvalue weighted by molar-refractivity contribution is 5.75. The van der Waals surface area contributed by atoms with E-state index in [1.165, 1.54) is 6.07 Å². The molecule has 6 nitrogen and oxygen atoms in total. The van der Waals surface area contributed by atoms with Crippen LogP contribution in [-0.2, 0) is 33.9 Å². The Bertz CT molecular complexity index is 436. The van der Waals surface area contributed by atoms with Crippen LogP contribution < -0.4 is 4.89 Å². The molecule has 0 unspecified atom stereocenters. The predicted molar refractivity (Wildman–Crippen MR) is 54.5 cm³/mol. The number of carboxylic acids is 2. The second kappa shape index (κ2) is 4.42. The van der Waals surface area contributed by atoms with Crippen molar-refractivity contribution in [1.82, 2.24) is 0 Å². The smallest absolute Gasteiger partial charge is 0.307 e. The first-order valence-corrected chi connectivity index (χ1v) is 4.94. The van der Waals surface area contributed by atoms with Crippen LogP contribution in [-0.4, -0.2) is 22.2 Å². The van der Waals surface area contributed by atoms with Crippen LogP contribution in [0.1, 0.15) is 16.7 Å². The zero-order valence-electron chi connectivity index (χ0n) is 8.80. The fourth-order valence-electron chi connectivity index (χ4n) is 1.72. The molecule has 0 atom stereocenters. The van der Waals surface area contributed by atoms with Gasteiger partial charge in [0.25, 0.3) is 0 Å². The Morgan fingerprint density at radius 3 is 2.29 bits per heavy atom. The number of rotatable bonds is 4. The minimum atomic E-state index is -1.02. The van der Waals surface area contributed by atoms with E-state index in [9.17, 15) is 9.59 Å². The van der Waals surface area contributed by atoms with Gasteiger partial charge in [-0.05, 0) is 23.3 Å². The molecule has 0 fully saturated rings. The molecule has 0 aromatic heterocycles. The van der Waals surface area contributed by atoms with Crippen LogP contribution >= 0.6 is 0 Å². The van der Waals surface area contributed by atoms with Crippen molar-refractivity contribution in [3.8, 4) is 5.75 Å². The van der Waals surface area contributed by atoms with E-state index in [0.717, 1.165) is 5.56 Å². The molecule has 0 bridgehead atoms. The van der Waals surface area contributed by atoms with Gasteiger partial charge < -0.3 is 15.1 Å². The van der Waals surface area contributed by atoms with Crippen molar-refractivity contribution in [1.29, 1.82) is 0 Å². The number of carboxylic acid groups (broad SMARTS) is 2. The minimum Gasteiger partial charge on any atom is -0.481 e. The highest BCUT2D eigenvalue weighted by Gasteiger charge is 2.19. The van der Waals surface area contributed by atoms with Crippen LogP contribution in [0.3, 0.4) is 0 Å². The molecule has 2 N–H and O–H groups in total. The van der Waals surface area contributed by atoms with E-state index in [1.54, 1.807) is 6.07 Å². The summed E-state index contributed by atoms with van der Waals surface area (Å²) in [5.41, 5.74) is 1.65. The van der Waals surface area contributed by atoms with Gasteiger partial charge in [0.1, 0.15) is 6.61 Å². The lowest BCUT2D eigenvalue weighted by atomic mass is 9.98. The summed E-state index contributed by atoms with van der Waals surface area (Å²) in [6.45, 7) is 0.245. The van der Waals surface area contributed by atoms with Crippen molar-refractivity contribution >= 4 is 11.9 Å². The van der Waals surface area contributed by atoms with Crippen LogP contribution in [0.4, 0.5) is 0 Å². The van der Waals surface area contributed by atoms with Crippen LogP contribution in [0.5, 0.6) is 5.75 Å². The van der Waals surface area contributed by atoms with Gasteiger partial charge in [0.05, 0.1) is 12.8 Å². The maximum Gasteiger partial charge on any atom is 0.307 e. The number of carbonyl (C=O) groups is 2. The molecular formula is C11H10O6. The summed E-state index contributed by atoms with van der Waals surface area (Å²) in [6.07, 6.45) is -0.449. The normalized spacial score (nSPS) is 12.9. The number of fused-ring (bicyclic) bond motifs is 1. The zero-order chi connectivity index (χ0) is 12.4. The molecule has 1 heterocycles. The molecule has 0 aliphatic carbocycles. The minimum absolute atomic E-state index is 0.212. The van der Waals surface area contributed by atoms with E-state index < -0.39 is 11.9 Å². The fraction of sp³-hybridized carbons (Fsp3) is 0.273. The summed E-state index contributed by atoms with van der Waals surface area (Å²) in [5, 5.41) is 17.5. The molecule has 1 aliphatic heterocycles. The van der Waals surface area contributed by atoms with Crippen LogP contribution in [0.15, 0.2) is 12.1 Å². The molecule has 1 aromatic rings. The van der Waals surface area contributed by atoms with Crippen LogP contribution in [0.2, 0.25) is 0 Å². The van der Waals surface area contributed by atoms with Crippen molar-refractivity contribution in [3.63, 3.8) is 0 Å². The Hall–Kier alpha value is -2.08. The van der Waals surface area contributed by atoms with E-state index in [1.807, 2.05) is 0 Å². The Morgan fingerprint density at radius 2 is 1.71 bits per heavy atom. The van der Waals surface area contributed by atoms with Gasteiger partial charge in [-0.3, -0.25) is 9.59 Å². The third kappa shape index (κ3) is 2.54. The van der Waals surface area contributed by atoms with Crippen molar-refractivity contribution in [3.05, 3.63) is 28.8 Å². The third-order valence-electron chi connectivity index (χ3n) is 2.43. The molecule has 0 spiro atoms. The summed E-state index contributed by atoms with van der Waals surface area (Å²) in [5.74, 6) is -1.57. The second-order valence-corrected chi connectivity index (χ2v) is 3.72. The number of hydrogen-bond donors (Lipinski definition) is 2. The molecule has 0 saturated heterocycles. The number of aliphatic carboxylic acids is 2. The maximum atomic E-state index is 10.7. The van der Waals surface area contributed by atoms with Gasteiger partial charge in [0.2, 0.25) is 0 Å². The number of hydrogen-bond acceptors (Lipinski definition) is 4. The van der Waals surface area contributed by atoms with Gasteiger partial charge in [-0.25, -0.2) is 0 Å². The summed E-state index contributed by atoms with van der Waals surface area (Å²) in [6, 6.07) is 3.14. The molecular weight excluding hydrogens is 228 g/mol. The lowest BCUT2D eigenvalue weighted by Crippen LogP contribution is -2.08. The van der Waals surface area contributed by atoms with E-state index in [0.29, 0.717) is 16.9 Å². The van der Waals surface area contributed by atoms with Gasteiger partial charge in [-0.1, -0.05) is 0 Å². The maximum absolute atomic E-state index is 10.7. The standard InChI is InChI=1S/C11H10O6/c12-10(13)3-6-1-8-5-16-17-9(8)2-7(6)4-11(14)15/h1-2H,3-5H2,(H,12,13)(H,14,15). The Kier molecular flexibility index (Phi) is 2.97. The molecule has 2 rings (SSSR count). The molecule has 0 saturated carbocycles. The summed E-state index contributed by atoms with van der Waals surface area (Å²) in [4.78, 5) is 31.0. The lowest BCUT2D eigenvalue weighted by Gasteiger charge is -2.07. The first kappa shape index (κ1) is 11.4. The highest BCUT2D eigenvalue weighted by Crippen LogP contribution is 2.30. The Morgan fingerprint density at radius 1 is 1.12 bits per heavy atom. The average Bonchev–Trinajstić information content (AvgIpc) is 2.63. The lowest BCUT2D eigenvalue weighted by molar-refractivity contribution is -0.194. The predicted octanol–water partition coefficient (Wildman–Crippen LogP) is 0.765. The zero-order valence-corrected chi connectivity index (χ0v) is 8.80. The third-order valence-corrected chi connectivity index (χ3v) is 2.43. The molecule has 6 heteroatoms. The molecule has 1 aliphatic rings. The molecule has 17 heavy (non-hydrogen) atoms. The largest absolute Gasteiger partial charge is 0.481 e. The molecule has 0 amide bonds. The Balaban J connectivity index is 2.39. The monoisotopic (exact) mass is 238 g/mol. The van der Waals surface area contributed by atoms with Crippen molar-refractivity contribution < 1.29 is 29.6 Å². The quantitative estimate of drug-likeness (QED) is 0.752. The van der Waals surface area contributed by atoms with Gasteiger partial charge in [-0.2, -0.15) is 4.89 Å². The first-order chi connectivity index (χ1) is 8.06. The van der Waals surface area contributed by atoms with Gasteiger partial charge >= 0.3 is 11.9 Å². The molecule has 1 aromatic carbocycles. The summed E-state index contributed by atoms with van der Waals surface area (Å²) in [7, 11) is 0. The van der Waals surface area contributed by atoms with Gasteiger partial charge in [-0.15, -0.1) is 0 Å². The van der Waals surface area contributed by atoms with Gasteiger partial charge in [0, 0.05) is 5.56 Å². The van der Waals surface area contributed by atoms with E-state index >= 15 is 0 Å². The molecule has 90 valence electrons. The number of benzene rings is 1. The van der Waals surface area contributed by atoms with Crippen LogP contribution in [0.25, 0.3) is 0 Å².